The van der Waals surface area contributed by atoms with Crippen molar-refractivity contribution in [3.63, 3.8) is 0 Å². The molecule has 0 aliphatic carbocycles. The zero-order valence-corrected chi connectivity index (χ0v) is 10.6. The third-order valence-corrected chi connectivity index (χ3v) is 2.91. The van der Waals surface area contributed by atoms with Gasteiger partial charge in [-0.15, -0.1) is 0 Å². The molecule has 0 atom stereocenters. The van der Waals surface area contributed by atoms with Crippen LogP contribution >= 0.6 is 0 Å². The molecule has 4 N–H and O–H groups in total. The summed E-state index contributed by atoms with van der Waals surface area (Å²) < 4.78 is 18.5. The number of benzene rings is 2. The van der Waals surface area contributed by atoms with Crippen LogP contribution in [0.25, 0.3) is 22.8 Å². The smallest absolute Gasteiger partial charge is 0.258 e. The van der Waals surface area contributed by atoms with Gasteiger partial charge in [0, 0.05) is 11.1 Å². The lowest BCUT2D eigenvalue weighted by Crippen LogP contribution is -1.90. The number of hydrogen-bond acceptors (Lipinski definition) is 6. The maximum Gasteiger partial charge on any atom is 0.258 e. The standard InChI is InChI=1S/C14H10FN3O3/c15-9-5-8(1-3-10(9)16)14-17-13(18-21-14)7-2-4-11(19)12(20)6-7/h1-6,19-20H,16H2. The Bertz CT molecular complexity index is 751. The van der Waals surface area contributed by atoms with Crippen LogP contribution in [0.4, 0.5) is 10.1 Å². The van der Waals surface area contributed by atoms with Crippen molar-refractivity contribution in [3.05, 3.63) is 42.2 Å². The molecule has 0 radical (unpaired) electrons. The highest BCUT2D eigenvalue weighted by Gasteiger charge is 2.13. The number of phenolic OH excluding ortho intramolecular Hbond substituents is 2. The Balaban J connectivity index is 1.99. The normalized spacial score (nSPS) is 10.7. The molecule has 3 aromatic rings. The van der Waals surface area contributed by atoms with Gasteiger partial charge in [0.1, 0.15) is 5.82 Å². The topological polar surface area (TPSA) is 105 Å². The van der Waals surface area contributed by atoms with E-state index in [2.05, 4.69) is 10.1 Å². The van der Waals surface area contributed by atoms with Crippen molar-refractivity contribution in [2.75, 3.05) is 5.73 Å². The van der Waals surface area contributed by atoms with Gasteiger partial charge in [-0.1, -0.05) is 5.16 Å². The van der Waals surface area contributed by atoms with Crippen molar-refractivity contribution in [2.24, 2.45) is 0 Å². The van der Waals surface area contributed by atoms with E-state index >= 15 is 0 Å². The van der Waals surface area contributed by atoms with E-state index in [1.807, 2.05) is 0 Å². The van der Waals surface area contributed by atoms with Crippen molar-refractivity contribution >= 4 is 5.69 Å². The molecule has 6 nitrogen and oxygen atoms in total. The summed E-state index contributed by atoms with van der Waals surface area (Å²) in [5, 5.41) is 22.5. The van der Waals surface area contributed by atoms with Gasteiger partial charge in [-0.05, 0) is 36.4 Å². The molecule has 0 fully saturated rings. The summed E-state index contributed by atoms with van der Waals surface area (Å²) in [7, 11) is 0. The van der Waals surface area contributed by atoms with Crippen LogP contribution in [0.1, 0.15) is 0 Å². The molecule has 0 aliphatic heterocycles. The molecule has 1 heterocycles. The van der Waals surface area contributed by atoms with Gasteiger partial charge in [0.05, 0.1) is 5.69 Å². The van der Waals surface area contributed by atoms with E-state index < -0.39 is 5.82 Å². The number of aromatic nitrogens is 2. The first-order valence-corrected chi connectivity index (χ1v) is 5.96. The summed E-state index contributed by atoms with van der Waals surface area (Å²) >= 11 is 0. The fourth-order valence-corrected chi connectivity index (χ4v) is 1.78. The van der Waals surface area contributed by atoms with Crippen LogP contribution in [0.2, 0.25) is 0 Å². The highest BCUT2D eigenvalue weighted by molar-refractivity contribution is 5.64. The van der Waals surface area contributed by atoms with E-state index in [9.17, 15) is 14.6 Å². The van der Waals surface area contributed by atoms with Crippen LogP contribution in [0, 0.1) is 5.82 Å². The molecule has 0 amide bonds. The average molecular weight is 287 g/mol. The maximum absolute atomic E-state index is 13.4. The van der Waals surface area contributed by atoms with E-state index in [0.29, 0.717) is 11.1 Å². The van der Waals surface area contributed by atoms with Gasteiger partial charge in [0.25, 0.3) is 5.89 Å². The number of hydrogen-bond donors (Lipinski definition) is 3. The highest BCUT2D eigenvalue weighted by atomic mass is 19.1. The SMILES string of the molecule is Nc1ccc(-c2nc(-c3ccc(O)c(O)c3)no2)cc1F. The van der Waals surface area contributed by atoms with Crippen LogP contribution < -0.4 is 5.73 Å². The summed E-state index contributed by atoms with van der Waals surface area (Å²) in [5.41, 5.74) is 6.28. The zero-order valence-electron chi connectivity index (χ0n) is 10.6. The lowest BCUT2D eigenvalue weighted by atomic mass is 10.2. The van der Waals surface area contributed by atoms with Crippen molar-refractivity contribution in [1.82, 2.24) is 10.1 Å². The van der Waals surface area contributed by atoms with Crippen LogP contribution in [0.5, 0.6) is 11.5 Å². The fraction of sp³-hybridized carbons (Fsp3) is 0. The number of anilines is 1. The molecule has 0 saturated heterocycles. The summed E-state index contributed by atoms with van der Waals surface area (Å²) in [6.07, 6.45) is 0. The van der Waals surface area contributed by atoms with E-state index in [1.54, 1.807) is 6.07 Å². The Morgan fingerprint density at radius 3 is 2.48 bits per heavy atom. The van der Waals surface area contributed by atoms with Gasteiger partial charge in [-0.3, -0.25) is 0 Å². The predicted octanol–water partition coefficient (Wildman–Crippen LogP) is 2.54. The minimum absolute atomic E-state index is 0.0296. The first kappa shape index (κ1) is 12.9. The molecule has 7 heteroatoms. The number of nitrogen functional groups attached to an aromatic ring is 1. The number of halogens is 1. The number of nitrogens with zero attached hydrogens (tertiary/aromatic N) is 2. The van der Waals surface area contributed by atoms with Crippen molar-refractivity contribution < 1.29 is 19.1 Å². The summed E-state index contributed by atoms with van der Waals surface area (Å²) in [6, 6.07) is 8.29. The lowest BCUT2D eigenvalue weighted by molar-refractivity contribution is 0.404. The van der Waals surface area contributed by atoms with Gasteiger partial charge in [0.15, 0.2) is 11.5 Å². The Hall–Kier alpha value is -3.09. The van der Waals surface area contributed by atoms with Crippen molar-refractivity contribution in [3.8, 4) is 34.3 Å². The largest absolute Gasteiger partial charge is 0.504 e. The maximum atomic E-state index is 13.4. The molecule has 21 heavy (non-hydrogen) atoms. The molecule has 0 bridgehead atoms. The Morgan fingerprint density at radius 2 is 1.76 bits per heavy atom. The number of aromatic hydroxyl groups is 2. The number of nitrogens with two attached hydrogens (primary N) is 1. The third-order valence-electron chi connectivity index (χ3n) is 2.91. The quantitative estimate of drug-likeness (QED) is 0.494. The number of phenols is 2. The van der Waals surface area contributed by atoms with E-state index in [0.717, 1.165) is 0 Å². The van der Waals surface area contributed by atoms with Crippen LogP contribution in [0.15, 0.2) is 40.9 Å². The first-order valence-electron chi connectivity index (χ1n) is 5.96. The van der Waals surface area contributed by atoms with Gasteiger partial charge < -0.3 is 20.5 Å². The van der Waals surface area contributed by atoms with Crippen molar-refractivity contribution in [1.29, 1.82) is 0 Å². The number of rotatable bonds is 2. The zero-order chi connectivity index (χ0) is 15.0. The van der Waals surface area contributed by atoms with E-state index in [1.165, 1.54) is 30.3 Å². The molecule has 0 saturated carbocycles. The molecule has 1 aromatic heterocycles. The fourth-order valence-electron chi connectivity index (χ4n) is 1.78. The molecule has 3 rings (SSSR count). The third kappa shape index (κ3) is 2.36. The summed E-state index contributed by atoms with van der Waals surface area (Å²) in [5.74, 6) is -0.788. The highest BCUT2D eigenvalue weighted by Crippen LogP contribution is 2.30. The van der Waals surface area contributed by atoms with Crippen LogP contribution in [-0.4, -0.2) is 20.4 Å². The second kappa shape index (κ2) is 4.78. The van der Waals surface area contributed by atoms with Gasteiger partial charge in [-0.25, -0.2) is 4.39 Å². The molecule has 0 unspecified atom stereocenters. The molecule has 106 valence electrons. The first-order chi connectivity index (χ1) is 10.0. The van der Waals surface area contributed by atoms with Gasteiger partial charge in [0.2, 0.25) is 5.82 Å². The molecule has 0 aliphatic rings. The molecule has 2 aromatic carbocycles. The van der Waals surface area contributed by atoms with Gasteiger partial charge in [-0.2, -0.15) is 4.98 Å². The second-order valence-electron chi connectivity index (χ2n) is 4.36. The Kier molecular flexibility index (Phi) is 2.94. The van der Waals surface area contributed by atoms with Gasteiger partial charge >= 0.3 is 0 Å². The Labute approximate surface area is 118 Å². The Morgan fingerprint density at radius 1 is 1.00 bits per heavy atom. The minimum Gasteiger partial charge on any atom is -0.504 e. The van der Waals surface area contributed by atoms with Crippen LogP contribution in [0.3, 0.4) is 0 Å². The lowest BCUT2D eigenvalue weighted by Gasteiger charge is -1.99. The average Bonchev–Trinajstić information content (AvgIpc) is 2.94. The monoisotopic (exact) mass is 287 g/mol. The molecular formula is C14H10FN3O3. The summed E-state index contributed by atoms with van der Waals surface area (Å²) in [6.45, 7) is 0. The summed E-state index contributed by atoms with van der Waals surface area (Å²) in [4.78, 5) is 4.11. The van der Waals surface area contributed by atoms with Crippen molar-refractivity contribution in [2.45, 2.75) is 0 Å². The van der Waals surface area contributed by atoms with E-state index in [4.69, 9.17) is 10.3 Å². The predicted molar refractivity (Wildman–Crippen MR) is 72.9 cm³/mol. The molecule has 0 spiro atoms. The minimum atomic E-state index is -0.575. The van der Waals surface area contributed by atoms with Crippen LogP contribution in [-0.2, 0) is 0 Å². The molecular weight excluding hydrogens is 277 g/mol. The second-order valence-corrected chi connectivity index (χ2v) is 4.36. The van der Waals surface area contributed by atoms with E-state index in [-0.39, 0.29) is 28.9 Å².